The van der Waals surface area contributed by atoms with Crippen LogP contribution in [0.4, 0.5) is 10.7 Å². The van der Waals surface area contributed by atoms with Crippen molar-refractivity contribution in [3.63, 3.8) is 0 Å². The lowest BCUT2D eigenvalue weighted by atomic mass is 10.2. The molecule has 0 saturated heterocycles. The Balaban J connectivity index is 1.71. The highest BCUT2D eigenvalue weighted by Gasteiger charge is 2.16. The number of benzene rings is 1. The Morgan fingerprint density at radius 1 is 1.21 bits per heavy atom. The first-order chi connectivity index (χ1) is 13.9. The van der Waals surface area contributed by atoms with Gasteiger partial charge in [-0.1, -0.05) is 6.07 Å². The fourth-order valence-electron chi connectivity index (χ4n) is 2.36. The molecule has 11 nitrogen and oxygen atoms in total. The highest BCUT2D eigenvalue weighted by atomic mass is 127. The van der Waals surface area contributed by atoms with E-state index in [0.29, 0.717) is 20.4 Å². The van der Waals surface area contributed by atoms with E-state index in [1.165, 1.54) is 29.1 Å². The Kier molecular flexibility index (Phi) is 6.31. The summed E-state index contributed by atoms with van der Waals surface area (Å²) in [4.78, 5) is 36.3. The van der Waals surface area contributed by atoms with Gasteiger partial charge in [-0.15, -0.1) is 0 Å². The molecule has 0 aliphatic rings. The molecule has 0 aliphatic carbocycles. The van der Waals surface area contributed by atoms with Crippen LogP contribution < -0.4 is 5.32 Å². The van der Waals surface area contributed by atoms with E-state index in [4.69, 9.17) is 9.47 Å². The zero-order chi connectivity index (χ0) is 21.0. The topological polar surface area (TPSA) is 149 Å². The van der Waals surface area contributed by atoms with Crippen molar-refractivity contribution in [3.8, 4) is 11.5 Å². The Bertz CT molecular complexity index is 1070. The van der Waals surface area contributed by atoms with Gasteiger partial charge < -0.3 is 24.3 Å². The molecular formula is C17H16IN5O6. The van der Waals surface area contributed by atoms with Gasteiger partial charge in [0, 0.05) is 0 Å². The summed E-state index contributed by atoms with van der Waals surface area (Å²) in [6, 6.07) is 4.07. The van der Waals surface area contributed by atoms with Crippen LogP contribution in [0.3, 0.4) is 0 Å². The average Bonchev–Trinajstić information content (AvgIpc) is 3.06. The van der Waals surface area contributed by atoms with Crippen LogP contribution in [0, 0.1) is 3.70 Å². The van der Waals surface area contributed by atoms with E-state index in [1.807, 2.05) is 22.6 Å². The number of rotatable bonds is 6. The SMILES string of the molecule is CCOC(=O)Cn1cnc2c(I)nc(NC(=O)OCc3ccc(O)c(O)c3)nc21. The molecular weight excluding hydrogens is 497 g/mol. The Hall–Kier alpha value is -3.16. The number of anilines is 1. The van der Waals surface area contributed by atoms with Gasteiger partial charge in [-0.2, -0.15) is 4.98 Å². The Morgan fingerprint density at radius 2 is 2.00 bits per heavy atom. The number of halogens is 1. The van der Waals surface area contributed by atoms with Crippen LogP contribution in [0.15, 0.2) is 24.5 Å². The van der Waals surface area contributed by atoms with Gasteiger partial charge in [-0.05, 0) is 47.2 Å². The number of fused-ring (bicyclic) bond motifs is 1. The van der Waals surface area contributed by atoms with E-state index in [0.717, 1.165) is 0 Å². The maximum Gasteiger partial charge on any atom is 0.414 e. The minimum Gasteiger partial charge on any atom is -0.504 e. The van der Waals surface area contributed by atoms with Gasteiger partial charge in [0.15, 0.2) is 17.1 Å². The summed E-state index contributed by atoms with van der Waals surface area (Å²) in [5.74, 6) is -1.05. The second kappa shape index (κ2) is 8.89. The van der Waals surface area contributed by atoms with Gasteiger partial charge in [0.1, 0.15) is 22.4 Å². The van der Waals surface area contributed by atoms with Crippen LogP contribution in [0.1, 0.15) is 12.5 Å². The van der Waals surface area contributed by atoms with Gasteiger partial charge in [-0.3, -0.25) is 10.1 Å². The molecule has 0 atom stereocenters. The third-order valence-electron chi connectivity index (χ3n) is 3.65. The highest BCUT2D eigenvalue weighted by Crippen LogP contribution is 2.25. The summed E-state index contributed by atoms with van der Waals surface area (Å²) in [6.45, 7) is 1.75. The van der Waals surface area contributed by atoms with Crippen LogP contribution in [0.5, 0.6) is 11.5 Å². The number of aromatic hydroxyl groups is 2. The molecule has 0 unspecified atom stereocenters. The molecule has 2 aromatic heterocycles. The second-order valence-electron chi connectivity index (χ2n) is 5.71. The quantitative estimate of drug-likeness (QED) is 0.195. The van der Waals surface area contributed by atoms with E-state index in [2.05, 4.69) is 20.3 Å². The molecule has 0 aliphatic heterocycles. The molecule has 152 valence electrons. The van der Waals surface area contributed by atoms with Crippen LogP contribution in [-0.2, 0) is 27.4 Å². The fraction of sp³-hybridized carbons (Fsp3) is 0.235. The van der Waals surface area contributed by atoms with Gasteiger partial charge in [0.05, 0.1) is 12.9 Å². The number of hydrogen-bond acceptors (Lipinski definition) is 9. The molecule has 2 heterocycles. The Morgan fingerprint density at radius 3 is 2.72 bits per heavy atom. The van der Waals surface area contributed by atoms with Crippen molar-refractivity contribution < 1.29 is 29.3 Å². The zero-order valence-electron chi connectivity index (χ0n) is 15.1. The number of aromatic nitrogens is 4. The van der Waals surface area contributed by atoms with Crippen LogP contribution in [-0.4, -0.2) is 48.4 Å². The summed E-state index contributed by atoms with van der Waals surface area (Å²) in [6.07, 6.45) is 0.627. The number of phenols is 2. The van der Waals surface area contributed by atoms with Crippen molar-refractivity contribution in [1.29, 1.82) is 0 Å². The standard InChI is InChI=1S/C17H16IN5O6/c1-2-28-12(26)6-23-8-19-13-14(18)20-16(21-15(13)23)22-17(27)29-7-9-3-4-10(24)11(25)5-9/h3-5,8,24-25H,2,6-7H2,1H3,(H,20,21,22,27). The van der Waals surface area contributed by atoms with Crippen molar-refractivity contribution in [2.45, 2.75) is 20.1 Å². The van der Waals surface area contributed by atoms with Crippen LogP contribution >= 0.6 is 22.6 Å². The normalized spacial score (nSPS) is 10.7. The number of amides is 1. The predicted octanol–water partition coefficient (Wildman–Crippen LogP) is 2.15. The maximum absolute atomic E-state index is 12.0. The summed E-state index contributed by atoms with van der Waals surface area (Å²) in [5.41, 5.74) is 1.32. The third-order valence-corrected chi connectivity index (χ3v) is 4.40. The van der Waals surface area contributed by atoms with Crippen molar-refractivity contribution >= 4 is 51.8 Å². The number of phenolic OH excluding ortho intramolecular Hbond substituents is 2. The largest absolute Gasteiger partial charge is 0.504 e. The van der Waals surface area contributed by atoms with Crippen LogP contribution in [0.2, 0.25) is 0 Å². The molecule has 1 amide bonds. The van der Waals surface area contributed by atoms with Crippen molar-refractivity contribution in [3.05, 3.63) is 33.8 Å². The number of hydrogen-bond donors (Lipinski definition) is 3. The van der Waals surface area contributed by atoms with Crippen molar-refractivity contribution in [1.82, 2.24) is 19.5 Å². The summed E-state index contributed by atoms with van der Waals surface area (Å²) >= 11 is 1.94. The van der Waals surface area contributed by atoms with E-state index in [1.54, 1.807) is 6.92 Å². The minimum absolute atomic E-state index is 0.0222. The number of esters is 1. The fourth-order valence-corrected chi connectivity index (χ4v) is 2.97. The summed E-state index contributed by atoms with van der Waals surface area (Å²) in [7, 11) is 0. The number of ether oxygens (including phenoxy) is 2. The van der Waals surface area contributed by atoms with E-state index in [9.17, 15) is 19.8 Å². The molecule has 3 rings (SSSR count). The molecule has 0 fully saturated rings. The molecule has 3 aromatic rings. The second-order valence-corrected chi connectivity index (χ2v) is 6.73. The van der Waals surface area contributed by atoms with Crippen LogP contribution in [0.25, 0.3) is 11.2 Å². The van der Waals surface area contributed by atoms with E-state index >= 15 is 0 Å². The lowest BCUT2D eigenvalue weighted by Gasteiger charge is -2.08. The molecule has 0 bridgehead atoms. The minimum atomic E-state index is -0.816. The lowest BCUT2D eigenvalue weighted by molar-refractivity contribution is -0.143. The molecule has 0 spiro atoms. The summed E-state index contributed by atoms with van der Waals surface area (Å²) in [5, 5.41) is 21.2. The first kappa shape index (κ1) is 20.6. The van der Waals surface area contributed by atoms with Gasteiger partial charge in [0.25, 0.3) is 0 Å². The molecule has 29 heavy (non-hydrogen) atoms. The third kappa shape index (κ3) is 5.01. The number of imidazole rings is 1. The molecule has 12 heteroatoms. The Labute approximate surface area is 177 Å². The van der Waals surface area contributed by atoms with Crippen molar-refractivity contribution in [2.24, 2.45) is 0 Å². The number of nitrogens with zero attached hydrogens (tertiary/aromatic N) is 4. The smallest absolute Gasteiger partial charge is 0.414 e. The summed E-state index contributed by atoms with van der Waals surface area (Å²) < 4.78 is 12.0. The van der Waals surface area contributed by atoms with E-state index in [-0.39, 0.29) is 37.2 Å². The number of carbonyl (C=O) groups excluding carboxylic acids is 2. The maximum atomic E-state index is 12.0. The molecule has 3 N–H and O–H groups in total. The number of nitrogens with one attached hydrogen (secondary N) is 1. The molecule has 0 radical (unpaired) electrons. The molecule has 0 saturated carbocycles. The highest BCUT2D eigenvalue weighted by molar-refractivity contribution is 14.1. The zero-order valence-corrected chi connectivity index (χ0v) is 17.3. The first-order valence-electron chi connectivity index (χ1n) is 8.36. The molecule has 1 aromatic carbocycles. The van der Waals surface area contributed by atoms with Gasteiger partial charge >= 0.3 is 12.1 Å². The van der Waals surface area contributed by atoms with E-state index < -0.39 is 12.1 Å². The first-order valence-corrected chi connectivity index (χ1v) is 9.44. The van der Waals surface area contributed by atoms with Gasteiger partial charge in [-0.25, -0.2) is 14.8 Å². The van der Waals surface area contributed by atoms with Gasteiger partial charge in [0.2, 0.25) is 5.95 Å². The predicted molar refractivity (Wildman–Crippen MR) is 108 cm³/mol. The average molecular weight is 513 g/mol. The number of carbonyl (C=O) groups is 2. The monoisotopic (exact) mass is 513 g/mol. The lowest BCUT2D eigenvalue weighted by Crippen LogP contribution is -2.17. The van der Waals surface area contributed by atoms with Crippen molar-refractivity contribution in [2.75, 3.05) is 11.9 Å².